The molecule has 0 aromatic heterocycles. The second-order valence-corrected chi connectivity index (χ2v) is 5.76. The van der Waals surface area contributed by atoms with Crippen molar-refractivity contribution in [3.63, 3.8) is 0 Å². The van der Waals surface area contributed by atoms with Gasteiger partial charge in [-0.05, 0) is 51.2 Å². The van der Waals surface area contributed by atoms with Gasteiger partial charge in [0.05, 0.1) is 0 Å². The van der Waals surface area contributed by atoms with Crippen molar-refractivity contribution in [1.29, 1.82) is 0 Å². The molecule has 1 aliphatic rings. The lowest BCUT2D eigenvalue weighted by Gasteiger charge is -2.36. The van der Waals surface area contributed by atoms with Gasteiger partial charge in [0.25, 0.3) is 0 Å². The first-order chi connectivity index (χ1) is 9.69. The van der Waals surface area contributed by atoms with Crippen molar-refractivity contribution < 1.29 is 4.74 Å². The summed E-state index contributed by atoms with van der Waals surface area (Å²) in [6, 6.07) is 8.74. The van der Waals surface area contributed by atoms with Gasteiger partial charge in [0.2, 0.25) is 0 Å². The molecule has 0 amide bonds. The lowest BCUT2D eigenvalue weighted by atomic mass is 10.1. The SMILES string of the molecule is CN(C)C1CCCN(CCOc2ccc(CN)cc2)C1. The summed E-state index contributed by atoms with van der Waals surface area (Å²) < 4.78 is 5.81. The summed E-state index contributed by atoms with van der Waals surface area (Å²) >= 11 is 0. The summed E-state index contributed by atoms with van der Waals surface area (Å²) in [5, 5.41) is 0. The van der Waals surface area contributed by atoms with Gasteiger partial charge in [0.15, 0.2) is 0 Å². The minimum atomic E-state index is 0.583. The molecule has 1 saturated heterocycles. The zero-order valence-electron chi connectivity index (χ0n) is 12.7. The first-order valence-electron chi connectivity index (χ1n) is 7.49. The highest BCUT2D eigenvalue weighted by molar-refractivity contribution is 5.27. The monoisotopic (exact) mass is 277 g/mol. The third-order valence-electron chi connectivity index (χ3n) is 4.05. The van der Waals surface area contributed by atoms with E-state index in [4.69, 9.17) is 10.5 Å². The van der Waals surface area contributed by atoms with Crippen LogP contribution in [-0.2, 0) is 6.54 Å². The maximum absolute atomic E-state index is 5.81. The van der Waals surface area contributed by atoms with Gasteiger partial charge in [0, 0.05) is 25.7 Å². The Morgan fingerprint density at radius 2 is 2.05 bits per heavy atom. The Hall–Kier alpha value is -1.10. The highest BCUT2D eigenvalue weighted by Crippen LogP contribution is 2.14. The number of ether oxygens (including phenoxy) is 1. The van der Waals surface area contributed by atoms with Crippen LogP contribution in [-0.4, -0.2) is 56.2 Å². The van der Waals surface area contributed by atoms with Crippen LogP contribution < -0.4 is 10.5 Å². The van der Waals surface area contributed by atoms with Gasteiger partial charge < -0.3 is 15.4 Å². The van der Waals surface area contributed by atoms with Gasteiger partial charge in [-0.1, -0.05) is 12.1 Å². The Labute approximate surface area is 122 Å². The molecule has 0 bridgehead atoms. The number of likely N-dealkylation sites (tertiary alicyclic amines) is 1. The molecule has 0 spiro atoms. The zero-order chi connectivity index (χ0) is 14.4. The molecular formula is C16H27N3O. The van der Waals surface area contributed by atoms with Crippen molar-refractivity contribution in [2.45, 2.75) is 25.4 Å². The number of likely N-dealkylation sites (N-methyl/N-ethyl adjacent to an activating group) is 1. The highest BCUT2D eigenvalue weighted by atomic mass is 16.5. The summed E-state index contributed by atoms with van der Waals surface area (Å²) in [6.45, 7) is 4.69. The molecule has 1 aliphatic heterocycles. The van der Waals surface area contributed by atoms with E-state index in [0.29, 0.717) is 12.6 Å². The fourth-order valence-corrected chi connectivity index (χ4v) is 2.67. The standard InChI is InChI=1S/C16H27N3O/c1-18(2)15-4-3-9-19(13-15)10-11-20-16-7-5-14(12-17)6-8-16/h5-8,15H,3-4,9-13,17H2,1-2H3. The maximum Gasteiger partial charge on any atom is 0.119 e. The van der Waals surface area contributed by atoms with Crippen LogP contribution >= 0.6 is 0 Å². The molecule has 0 aliphatic carbocycles. The Morgan fingerprint density at radius 3 is 2.70 bits per heavy atom. The number of nitrogens with two attached hydrogens (primary N) is 1. The summed E-state index contributed by atoms with van der Waals surface area (Å²) in [5.74, 6) is 0.934. The van der Waals surface area contributed by atoms with E-state index >= 15 is 0 Å². The first kappa shape index (κ1) is 15.3. The molecule has 4 heteroatoms. The number of hydrogen-bond acceptors (Lipinski definition) is 4. The van der Waals surface area contributed by atoms with Crippen LogP contribution in [0.2, 0.25) is 0 Å². The van der Waals surface area contributed by atoms with Crippen molar-refractivity contribution in [1.82, 2.24) is 9.80 Å². The normalized spacial score (nSPS) is 20.3. The molecule has 2 N–H and O–H groups in total. The number of benzene rings is 1. The Kier molecular flexibility index (Phi) is 5.83. The molecule has 0 saturated carbocycles. The predicted molar refractivity (Wildman–Crippen MR) is 83.0 cm³/mol. The number of rotatable bonds is 6. The van der Waals surface area contributed by atoms with Gasteiger partial charge in [-0.15, -0.1) is 0 Å². The minimum Gasteiger partial charge on any atom is -0.492 e. The van der Waals surface area contributed by atoms with E-state index < -0.39 is 0 Å². The van der Waals surface area contributed by atoms with Crippen molar-refractivity contribution in [3.05, 3.63) is 29.8 Å². The van der Waals surface area contributed by atoms with E-state index in [-0.39, 0.29) is 0 Å². The molecule has 1 atom stereocenters. The van der Waals surface area contributed by atoms with Crippen LogP contribution in [0.1, 0.15) is 18.4 Å². The average molecular weight is 277 g/mol. The molecule has 1 unspecified atom stereocenters. The summed E-state index contributed by atoms with van der Waals surface area (Å²) in [4.78, 5) is 4.83. The van der Waals surface area contributed by atoms with E-state index in [0.717, 1.165) is 31.0 Å². The van der Waals surface area contributed by atoms with Gasteiger partial charge in [-0.2, -0.15) is 0 Å². The van der Waals surface area contributed by atoms with E-state index in [1.807, 2.05) is 24.3 Å². The van der Waals surface area contributed by atoms with E-state index in [9.17, 15) is 0 Å². The summed E-state index contributed by atoms with van der Waals surface area (Å²) in [7, 11) is 4.34. The number of nitrogens with zero attached hydrogens (tertiary/aromatic N) is 2. The van der Waals surface area contributed by atoms with E-state index in [1.54, 1.807) is 0 Å². The molecule has 1 aromatic rings. The minimum absolute atomic E-state index is 0.583. The van der Waals surface area contributed by atoms with E-state index in [1.165, 1.54) is 19.4 Å². The lowest BCUT2D eigenvalue weighted by molar-refractivity contribution is 0.117. The molecule has 4 nitrogen and oxygen atoms in total. The van der Waals surface area contributed by atoms with Crippen LogP contribution in [0.3, 0.4) is 0 Å². The highest BCUT2D eigenvalue weighted by Gasteiger charge is 2.20. The molecule has 20 heavy (non-hydrogen) atoms. The maximum atomic E-state index is 5.81. The molecule has 0 radical (unpaired) electrons. The van der Waals surface area contributed by atoms with E-state index in [2.05, 4.69) is 23.9 Å². The van der Waals surface area contributed by atoms with Crippen LogP contribution in [0.4, 0.5) is 0 Å². The van der Waals surface area contributed by atoms with Crippen molar-refractivity contribution in [2.75, 3.05) is 40.3 Å². The molecule has 2 rings (SSSR count). The van der Waals surface area contributed by atoms with Crippen molar-refractivity contribution >= 4 is 0 Å². The van der Waals surface area contributed by atoms with Gasteiger partial charge in [-0.3, -0.25) is 4.90 Å². The predicted octanol–water partition coefficient (Wildman–Crippen LogP) is 1.55. The van der Waals surface area contributed by atoms with Gasteiger partial charge in [0.1, 0.15) is 12.4 Å². The number of hydrogen-bond donors (Lipinski definition) is 1. The topological polar surface area (TPSA) is 41.7 Å². The third-order valence-corrected chi connectivity index (χ3v) is 4.05. The first-order valence-corrected chi connectivity index (χ1v) is 7.49. The Morgan fingerprint density at radius 1 is 1.30 bits per heavy atom. The second-order valence-electron chi connectivity index (χ2n) is 5.76. The van der Waals surface area contributed by atoms with Crippen molar-refractivity contribution in [2.24, 2.45) is 5.73 Å². The second kappa shape index (κ2) is 7.62. The lowest BCUT2D eigenvalue weighted by Crippen LogP contribution is -2.46. The Bertz CT molecular complexity index is 391. The van der Waals surface area contributed by atoms with Crippen molar-refractivity contribution in [3.8, 4) is 5.75 Å². The van der Waals surface area contributed by atoms with Gasteiger partial charge >= 0.3 is 0 Å². The quantitative estimate of drug-likeness (QED) is 0.856. The molecular weight excluding hydrogens is 250 g/mol. The molecule has 1 fully saturated rings. The van der Waals surface area contributed by atoms with Crippen LogP contribution in [0, 0.1) is 0 Å². The smallest absolute Gasteiger partial charge is 0.119 e. The fraction of sp³-hybridized carbons (Fsp3) is 0.625. The average Bonchev–Trinajstić information content (AvgIpc) is 2.48. The third kappa shape index (κ3) is 4.47. The largest absolute Gasteiger partial charge is 0.492 e. The Balaban J connectivity index is 1.72. The molecule has 1 aromatic carbocycles. The van der Waals surface area contributed by atoms with Crippen LogP contribution in [0.5, 0.6) is 5.75 Å². The number of piperidine rings is 1. The van der Waals surface area contributed by atoms with Crippen LogP contribution in [0.25, 0.3) is 0 Å². The fourth-order valence-electron chi connectivity index (χ4n) is 2.67. The zero-order valence-corrected chi connectivity index (χ0v) is 12.7. The summed E-state index contributed by atoms with van der Waals surface area (Å²) in [6.07, 6.45) is 2.60. The summed E-state index contributed by atoms with van der Waals surface area (Å²) in [5.41, 5.74) is 6.72. The van der Waals surface area contributed by atoms with Crippen LogP contribution in [0.15, 0.2) is 24.3 Å². The molecule has 1 heterocycles. The molecule has 112 valence electrons. The van der Waals surface area contributed by atoms with Gasteiger partial charge in [-0.25, -0.2) is 0 Å².